The average Bonchev–Trinajstić information content (AvgIpc) is 2.39. The standard InChI is InChI=1S/C15H25FN2/c1-4-18(5-2)12-6-11-17-13(3)14-7-9-15(16)10-8-14/h7-10,13,17H,4-6,11-12H2,1-3H3. The minimum Gasteiger partial charge on any atom is -0.310 e. The fourth-order valence-electron chi connectivity index (χ4n) is 2.03. The van der Waals surface area contributed by atoms with Crippen LogP contribution in [-0.4, -0.2) is 31.1 Å². The highest BCUT2D eigenvalue weighted by molar-refractivity contribution is 5.19. The minimum absolute atomic E-state index is 0.174. The van der Waals surface area contributed by atoms with Crippen molar-refractivity contribution in [3.63, 3.8) is 0 Å². The number of hydrogen-bond donors (Lipinski definition) is 1. The fourth-order valence-corrected chi connectivity index (χ4v) is 2.03. The summed E-state index contributed by atoms with van der Waals surface area (Å²) >= 11 is 0. The molecule has 1 unspecified atom stereocenters. The van der Waals surface area contributed by atoms with Gasteiger partial charge in [-0.2, -0.15) is 0 Å². The predicted molar refractivity (Wildman–Crippen MR) is 75.2 cm³/mol. The van der Waals surface area contributed by atoms with Gasteiger partial charge in [0.05, 0.1) is 0 Å². The summed E-state index contributed by atoms with van der Waals surface area (Å²) in [7, 11) is 0. The first-order chi connectivity index (χ1) is 8.67. The average molecular weight is 252 g/mol. The summed E-state index contributed by atoms with van der Waals surface area (Å²) < 4.78 is 12.8. The van der Waals surface area contributed by atoms with E-state index in [1.807, 2.05) is 12.1 Å². The van der Waals surface area contributed by atoms with Crippen LogP contribution in [0.2, 0.25) is 0 Å². The maximum absolute atomic E-state index is 12.8. The van der Waals surface area contributed by atoms with Crippen LogP contribution in [0.5, 0.6) is 0 Å². The van der Waals surface area contributed by atoms with Crippen molar-refractivity contribution in [2.45, 2.75) is 33.2 Å². The molecule has 1 atom stereocenters. The van der Waals surface area contributed by atoms with Crippen molar-refractivity contribution in [3.05, 3.63) is 35.6 Å². The third-order valence-corrected chi connectivity index (χ3v) is 3.37. The Kier molecular flexibility index (Phi) is 6.91. The number of halogens is 1. The van der Waals surface area contributed by atoms with E-state index in [1.165, 1.54) is 12.1 Å². The predicted octanol–water partition coefficient (Wildman–Crippen LogP) is 3.21. The van der Waals surface area contributed by atoms with Crippen molar-refractivity contribution in [1.29, 1.82) is 0 Å². The Bertz CT molecular complexity index is 320. The van der Waals surface area contributed by atoms with E-state index in [2.05, 4.69) is 31.0 Å². The van der Waals surface area contributed by atoms with Gasteiger partial charge >= 0.3 is 0 Å². The Morgan fingerprint density at radius 2 is 1.78 bits per heavy atom. The van der Waals surface area contributed by atoms with E-state index in [4.69, 9.17) is 0 Å². The lowest BCUT2D eigenvalue weighted by Crippen LogP contribution is -2.28. The Morgan fingerprint density at radius 3 is 2.33 bits per heavy atom. The van der Waals surface area contributed by atoms with Gasteiger partial charge in [0.2, 0.25) is 0 Å². The Hall–Kier alpha value is -0.930. The Labute approximate surface area is 110 Å². The summed E-state index contributed by atoms with van der Waals surface area (Å²) in [6.45, 7) is 10.9. The molecule has 1 rings (SSSR count). The molecule has 0 aliphatic carbocycles. The van der Waals surface area contributed by atoms with Gasteiger partial charge < -0.3 is 10.2 Å². The van der Waals surface area contributed by atoms with Crippen LogP contribution in [0.4, 0.5) is 4.39 Å². The Morgan fingerprint density at radius 1 is 1.17 bits per heavy atom. The molecule has 0 aromatic heterocycles. The second-order valence-corrected chi connectivity index (χ2v) is 4.61. The molecule has 3 heteroatoms. The van der Waals surface area contributed by atoms with Crippen LogP contribution in [0.15, 0.2) is 24.3 Å². The highest BCUT2D eigenvalue weighted by Crippen LogP contribution is 2.12. The van der Waals surface area contributed by atoms with Crippen molar-refractivity contribution >= 4 is 0 Å². The van der Waals surface area contributed by atoms with E-state index in [0.29, 0.717) is 0 Å². The van der Waals surface area contributed by atoms with Gasteiger partial charge in [0.25, 0.3) is 0 Å². The number of nitrogens with zero attached hydrogens (tertiary/aromatic N) is 1. The molecule has 1 aromatic rings. The normalized spacial score (nSPS) is 12.9. The first kappa shape index (κ1) is 15.1. The van der Waals surface area contributed by atoms with Gasteiger partial charge in [0.1, 0.15) is 5.82 Å². The van der Waals surface area contributed by atoms with Gasteiger partial charge in [-0.3, -0.25) is 0 Å². The number of rotatable bonds is 8. The summed E-state index contributed by atoms with van der Waals surface area (Å²) in [6.07, 6.45) is 1.15. The zero-order valence-electron chi connectivity index (χ0n) is 11.7. The van der Waals surface area contributed by atoms with E-state index in [0.717, 1.165) is 38.2 Å². The topological polar surface area (TPSA) is 15.3 Å². The summed E-state index contributed by atoms with van der Waals surface area (Å²) in [5.74, 6) is -0.174. The quantitative estimate of drug-likeness (QED) is 0.715. The monoisotopic (exact) mass is 252 g/mol. The van der Waals surface area contributed by atoms with Gasteiger partial charge in [-0.1, -0.05) is 26.0 Å². The van der Waals surface area contributed by atoms with Crippen LogP contribution in [0.25, 0.3) is 0 Å². The highest BCUT2D eigenvalue weighted by atomic mass is 19.1. The summed E-state index contributed by atoms with van der Waals surface area (Å²) in [5.41, 5.74) is 1.14. The highest BCUT2D eigenvalue weighted by Gasteiger charge is 2.04. The molecule has 0 radical (unpaired) electrons. The second kappa shape index (κ2) is 8.22. The first-order valence-corrected chi connectivity index (χ1v) is 6.88. The number of hydrogen-bond acceptors (Lipinski definition) is 2. The lowest BCUT2D eigenvalue weighted by atomic mass is 10.1. The van der Waals surface area contributed by atoms with E-state index < -0.39 is 0 Å². The summed E-state index contributed by atoms with van der Waals surface area (Å²) in [5, 5.41) is 3.47. The third kappa shape index (κ3) is 5.15. The van der Waals surface area contributed by atoms with Gasteiger partial charge in [0.15, 0.2) is 0 Å². The van der Waals surface area contributed by atoms with Gasteiger partial charge in [-0.15, -0.1) is 0 Å². The van der Waals surface area contributed by atoms with E-state index in [1.54, 1.807) is 0 Å². The van der Waals surface area contributed by atoms with Crippen LogP contribution < -0.4 is 5.32 Å². The summed E-state index contributed by atoms with van der Waals surface area (Å²) in [4.78, 5) is 2.42. The lowest BCUT2D eigenvalue weighted by molar-refractivity contribution is 0.296. The first-order valence-electron chi connectivity index (χ1n) is 6.88. The van der Waals surface area contributed by atoms with Crippen molar-refractivity contribution < 1.29 is 4.39 Å². The molecule has 0 fully saturated rings. The molecule has 0 saturated carbocycles. The molecular weight excluding hydrogens is 227 g/mol. The van der Waals surface area contributed by atoms with E-state index >= 15 is 0 Å². The minimum atomic E-state index is -0.174. The number of benzene rings is 1. The molecule has 18 heavy (non-hydrogen) atoms. The zero-order chi connectivity index (χ0) is 13.4. The van der Waals surface area contributed by atoms with Crippen molar-refractivity contribution in [2.24, 2.45) is 0 Å². The molecule has 0 amide bonds. The summed E-state index contributed by atoms with van der Waals surface area (Å²) in [6, 6.07) is 7.00. The van der Waals surface area contributed by atoms with Crippen LogP contribution >= 0.6 is 0 Å². The third-order valence-electron chi connectivity index (χ3n) is 3.37. The molecule has 102 valence electrons. The van der Waals surface area contributed by atoms with Crippen molar-refractivity contribution in [1.82, 2.24) is 10.2 Å². The molecule has 0 heterocycles. The van der Waals surface area contributed by atoms with Crippen LogP contribution in [0, 0.1) is 5.82 Å². The maximum atomic E-state index is 12.8. The largest absolute Gasteiger partial charge is 0.310 e. The molecular formula is C15H25FN2. The van der Waals surface area contributed by atoms with Crippen LogP contribution in [0.1, 0.15) is 38.8 Å². The maximum Gasteiger partial charge on any atom is 0.123 e. The molecule has 2 nitrogen and oxygen atoms in total. The Balaban J connectivity index is 2.25. The van der Waals surface area contributed by atoms with E-state index in [9.17, 15) is 4.39 Å². The molecule has 0 spiro atoms. The van der Waals surface area contributed by atoms with Crippen molar-refractivity contribution in [3.8, 4) is 0 Å². The second-order valence-electron chi connectivity index (χ2n) is 4.61. The lowest BCUT2D eigenvalue weighted by Gasteiger charge is -2.19. The molecule has 0 bridgehead atoms. The molecule has 1 aromatic carbocycles. The van der Waals surface area contributed by atoms with E-state index in [-0.39, 0.29) is 11.9 Å². The molecule has 0 aliphatic heterocycles. The molecule has 0 saturated heterocycles. The SMILES string of the molecule is CCN(CC)CCCNC(C)c1ccc(F)cc1. The van der Waals surface area contributed by atoms with Gasteiger partial charge in [-0.25, -0.2) is 4.39 Å². The fraction of sp³-hybridized carbons (Fsp3) is 0.600. The van der Waals surface area contributed by atoms with Gasteiger partial charge in [-0.05, 0) is 57.2 Å². The van der Waals surface area contributed by atoms with Crippen molar-refractivity contribution in [2.75, 3.05) is 26.2 Å². The molecule has 0 aliphatic rings. The van der Waals surface area contributed by atoms with Gasteiger partial charge in [0, 0.05) is 6.04 Å². The van der Waals surface area contributed by atoms with Crippen LogP contribution in [0.3, 0.4) is 0 Å². The zero-order valence-corrected chi connectivity index (χ0v) is 11.7. The molecule has 1 N–H and O–H groups in total. The van der Waals surface area contributed by atoms with Crippen LogP contribution in [-0.2, 0) is 0 Å². The number of nitrogens with one attached hydrogen (secondary N) is 1. The smallest absolute Gasteiger partial charge is 0.123 e.